The summed E-state index contributed by atoms with van der Waals surface area (Å²) in [6, 6.07) is 32.8. The molecular weight excluding hydrogens is 515 g/mol. The predicted molar refractivity (Wildman–Crippen MR) is 145 cm³/mol. The molecule has 4 aromatic rings. The lowest BCUT2D eigenvalue weighted by atomic mass is 10.0. The average Bonchev–Trinajstić information content (AvgIpc) is 3.33. The van der Waals surface area contributed by atoms with Gasteiger partial charge in [-0.15, -0.1) is 0 Å². The van der Waals surface area contributed by atoms with Gasteiger partial charge in [0.15, 0.2) is 0 Å². The molecule has 0 amide bonds. The third-order valence-corrected chi connectivity index (χ3v) is 8.42. The van der Waals surface area contributed by atoms with Crippen molar-refractivity contribution in [2.24, 2.45) is 0 Å². The van der Waals surface area contributed by atoms with Crippen LogP contribution in [0.3, 0.4) is 0 Å². The van der Waals surface area contributed by atoms with Crippen molar-refractivity contribution >= 4 is 44.6 Å². The zero-order valence-electron chi connectivity index (χ0n) is 19.2. The zero-order chi connectivity index (χ0) is 25.1. The topological polar surface area (TPSA) is 49.9 Å². The molecule has 4 aromatic carbocycles. The molecule has 1 saturated heterocycles. The maximum Gasteiger partial charge on any atom is 0.264 e. The molecule has 1 aliphatic heterocycles. The number of hydrogen-bond acceptors (Lipinski definition) is 4. The Morgan fingerprint density at radius 3 is 1.94 bits per heavy atom. The standard InChI is InChI=1S/C28H24Cl2N2O3S/c29-22-11-15-24(16-12-22)31(36(33,34)27-17-13-23(30)14-18-27)20-26-19-28(21-7-3-1-4-8-21)32(35-26)25-9-5-2-6-10-25/h1-18,26,28H,19-20H2/t26-,28-/m1/s1. The van der Waals surface area contributed by atoms with Gasteiger partial charge in [-0.05, 0) is 66.2 Å². The molecule has 1 fully saturated rings. The van der Waals surface area contributed by atoms with E-state index in [2.05, 4.69) is 12.1 Å². The summed E-state index contributed by atoms with van der Waals surface area (Å²) < 4.78 is 29.0. The van der Waals surface area contributed by atoms with Crippen molar-refractivity contribution in [2.75, 3.05) is 15.9 Å². The minimum Gasteiger partial charge on any atom is -0.268 e. The molecule has 1 heterocycles. The number of halogens is 2. The monoisotopic (exact) mass is 538 g/mol. The van der Waals surface area contributed by atoms with E-state index in [1.165, 1.54) is 16.4 Å². The summed E-state index contributed by atoms with van der Waals surface area (Å²) in [5, 5.41) is 2.88. The molecule has 2 atom stereocenters. The summed E-state index contributed by atoms with van der Waals surface area (Å²) in [6.45, 7) is 0.124. The van der Waals surface area contributed by atoms with E-state index < -0.39 is 16.1 Å². The van der Waals surface area contributed by atoms with Crippen molar-refractivity contribution in [2.45, 2.75) is 23.5 Å². The van der Waals surface area contributed by atoms with E-state index in [0.29, 0.717) is 22.2 Å². The van der Waals surface area contributed by atoms with Crippen molar-refractivity contribution in [3.63, 3.8) is 0 Å². The molecule has 0 aromatic heterocycles. The van der Waals surface area contributed by atoms with Crippen molar-refractivity contribution in [3.8, 4) is 0 Å². The SMILES string of the molecule is O=S(=O)(c1ccc(Cl)cc1)N(C[C@H]1C[C@H](c2ccccc2)N(c2ccccc2)O1)c1ccc(Cl)cc1. The molecule has 0 aliphatic carbocycles. The highest BCUT2D eigenvalue weighted by atomic mass is 35.5. The molecule has 5 rings (SSSR count). The molecule has 0 saturated carbocycles. The van der Waals surface area contributed by atoms with Gasteiger partial charge in [-0.2, -0.15) is 0 Å². The third kappa shape index (κ3) is 5.22. The van der Waals surface area contributed by atoms with Crippen molar-refractivity contribution < 1.29 is 13.3 Å². The summed E-state index contributed by atoms with van der Waals surface area (Å²) in [5.41, 5.74) is 2.52. The summed E-state index contributed by atoms with van der Waals surface area (Å²) in [7, 11) is -3.90. The zero-order valence-corrected chi connectivity index (χ0v) is 21.6. The second-order valence-electron chi connectivity index (χ2n) is 8.52. The van der Waals surface area contributed by atoms with E-state index in [0.717, 1.165) is 11.3 Å². The van der Waals surface area contributed by atoms with Crippen LogP contribution in [0.25, 0.3) is 0 Å². The fourth-order valence-corrected chi connectivity index (χ4v) is 6.11. The smallest absolute Gasteiger partial charge is 0.264 e. The highest BCUT2D eigenvalue weighted by Gasteiger charge is 2.38. The molecule has 0 N–H and O–H groups in total. The second-order valence-corrected chi connectivity index (χ2v) is 11.3. The summed E-state index contributed by atoms with van der Waals surface area (Å²) in [5.74, 6) is 0. The number of nitrogens with zero attached hydrogens (tertiary/aromatic N) is 2. The number of rotatable bonds is 7. The van der Waals surface area contributed by atoms with E-state index >= 15 is 0 Å². The predicted octanol–water partition coefficient (Wildman–Crippen LogP) is 7.14. The average molecular weight is 539 g/mol. The number of benzene rings is 4. The molecule has 0 bridgehead atoms. The molecule has 184 valence electrons. The second kappa shape index (κ2) is 10.5. The highest BCUT2D eigenvalue weighted by Crippen LogP contribution is 2.39. The lowest BCUT2D eigenvalue weighted by Crippen LogP contribution is -2.38. The van der Waals surface area contributed by atoms with Gasteiger partial charge < -0.3 is 0 Å². The Morgan fingerprint density at radius 2 is 1.33 bits per heavy atom. The molecule has 0 unspecified atom stereocenters. The molecule has 5 nitrogen and oxygen atoms in total. The summed E-state index contributed by atoms with van der Waals surface area (Å²) >= 11 is 12.1. The maximum absolute atomic E-state index is 13.8. The highest BCUT2D eigenvalue weighted by molar-refractivity contribution is 7.92. The van der Waals surface area contributed by atoms with Crippen LogP contribution in [0.4, 0.5) is 11.4 Å². The lowest BCUT2D eigenvalue weighted by molar-refractivity contribution is 0.0898. The van der Waals surface area contributed by atoms with Gasteiger partial charge in [-0.3, -0.25) is 9.14 Å². The van der Waals surface area contributed by atoms with E-state index in [4.69, 9.17) is 28.0 Å². The quantitative estimate of drug-likeness (QED) is 0.251. The number of anilines is 2. The van der Waals surface area contributed by atoms with Gasteiger partial charge in [0.25, 0.3) is 10.0 Å². The van der Waals surface area contributed by atoms with Gasteiger partial charge in [0.2, 0.25) is 0 Å². The number of sulfonamides is 1. The molecular formula is C28H24Cl2N2O3S. The Bertz CT molecular complexity index is 1350. The molecule has 0 radical (unpaired) electrons. The summed E-state index contributed by atoms with van der Waals surface area (Å²) in [6.07, 6.45) is 0.215. The summed E-state index contributed by atoms with van der Waals surface area (Å²) in [4.78, 5) is 6.57. The maximum atomic E-state index is 13.8. The largest absolute Gasteiger partial charge is 0.268 e. The molecule has 0 spiro atoms. The van der Waals surface area contributed by atoms with Crippen LogP contribution >= 0.6 is 23.2 Å². The van der Waals surface area contributed by atoms with Crippen LogP contribution in [0.5, 0.6) is 0 Å². The first-order valence-corrected chi connectivity index (χ1v) is 13.7. The Morgan fingerprint density at radius 1 is 0.778 bits per heavy atom. The first-order valence-electron chi connectivity index (χ1n) is 11.5. The van der Waals surface area contributed by atoms with Crippen LogP contribution in [-0.2, 0) is 14.9 Å². The lowest BCUT2D eigenvalue weighted by Gasteiger charge is -2.28. The van der Waals surface area contributed by atoms with E-state index in [9.17, 15) is 8.42 Å². The van der Waals surface area contributed by atoms with Crippen LogP contribution in [0.1, 0.15) is 18.0 Å². The van der Waals surface area contributed by atoms with Crippen LogP contribution in [-0.4, -0.2) is 21.1 Å². The third-order valence-electron chi connectivity index (χ3n) is 6.11. The fraction of sp³-hybridized carbons (Fsp3) is 0.143. The fourth-order valence-electron chi connectivity index (χ4n) is 4.36. The number of hydrogen-bond donors (Lipinski definition) is 0. The Kier molecular flexibility index (Phi) is 7.21. The van der Waals surface area contributed by atoms with Gasteiger partial charge in [0.05, 0.1) is 28.9 Å². The first-order chi connectivity index (χ1) is 17.4. The number of para-hydroxylation sites is 1. The first kappa shape index (κ1) is 24.7. The van der Waals surface area contributed by atoms with Gasteiger partial charge in [-0.25, -0.2) is 13.5 Å². The minimum atomic E-state index is -3.90. The van der Waals surface area contributed by atoms with Gasteiger partial charge in [0, 0.05) is 16.5 Å². The van der Waals surface area contributed by atoms with Crippen LogP contribution in [0, 0.1) is 0 Å². The minimum absolute atomic E-state index is 0.0658. The normalized spacial score (nSPS) is 17.8. The molecule has 36 heavy (non-hydrogen) atoms. The Hall–Kier alpha value is -3.03. The van der Waals surface area contributed by atoms with E-state index in [-0.39, 0.29) is 17.5 Å². The number of hydroxylamine groups is 1. The van der Waals surface area contributed by atoms with Gasteiger partial charge in [0.1, 0.15) is 6.10 Å². The van der Waals surface area contributed by atoms with Crippen molar-refractivity contribution in [1.82, 2.24) is 0 Å². The van der Waals surface area contributed by atoms with Crippen molar-refractivity contribution in [3.05, 3.63) is 125 Å². The van der Waals surface area contributed by atoms with Crippen LogP contribution in [0.15, 0.2) is 114 Å². The van der Waals surface area contributed by atoms with E-state index in [1.807, 2.05) is 53.6 Å². The molecule has 8 heteroatoms. The Balaban J connectivity index is 1.50. The molecule has 1 aliphatic rings. The Labute approximate surface area is 221 Å². The van der Waals surface area contributed by atoms with Crippen molar-refractivity contribution in [1.29, 1.82) is 0 Å². The van der Waals surface area contributed by atoms with Crippen LogP contribution in [0.2, 0.25) is 10.0 Å². The van der Waals surface area contributed by atoms with Crippen LogP contribution < -0.4 is 9.37 Å². The van der Waals surface area contributed by atoms with E-state index in [1.54, 1.807) is 36.4 Å². The van der Waals surface area contributed by atoms with Gasteiger partial charge in [-0.1, -0.05) is 71.7 Å². The van der Waals surface area contributed by atoms with Gasteiger partial charge >= 0.3 is 0 Å².